The molecule has 0 spiro atoms. The Morgan fingerprint density at radius 3 is 1.97 bits per heavy atom. The molecule has 6 nitrogen and oxygen atoms in total. The predicted molar refractivity (Wildman–Crippen MR) is 127 cm³/mol. The molecule has 1 saturated carbocycles. The first kappa shape index (κ1) is 26.1. The number of anilines is 1. The van der Waals surface area contributed by atoms with E-state index in [9.17, 15) is 27.9 Å². The molecule has 2 aliphatic heterocycles. The summed E-state index contributed by atoms with van der Waals surface area (Å²) in [4.78, 5) is 29.8. The molecule has 10 heteroatoms. The topological polar surface area (TPSA) is 64.1 Å². The zero-order valence-electron chi connectivity index (χ0n) is 20.2. The molecular weight excluding hydrogens is 483 g/mol. The summed E-state index contributed by atoms with van der Waals surface area (Å²) in [5.74, 6) is -1.53. The standard InChI is InChI=1S/C25H33ClF3N3O3/c1-30(2)22(33)20-6-5-19(15-21(20)26)31-11-7-16(8-12-31)17-9-13-32(14-10-17)23(34)24(35,18-3-4-18)25(27,28)29/h5-6,15-18,35H,3-4,7-14H2,1-2H3. The van der Waals surface area contributed by atoms with E-state index in [4.69, 9.17) is 11.6 Å². The Morgan fingerprint density at radius 2 is 1.51 bits per heavy atom. The molecule has 2 saturated heterocycles. The van der Waals surface area contributed by atoms with Gasteiger partial charge in [0, 0.05) is 51.9 Å². The van der Waals surface area contributed by atoms with Gasteiger partial charge in [0.15, 0.2) is 0 Å². The average molecular weight is 516 g/mol. The molecule has 2 heterocycles. The van der Waals surface area contributed by atoms with E-state index >= 15 is 0 Å². The van der Waals surface area contributed by atoms with Gasteiger partial charge in [0.05, 0.1) is 10.6 Å². The first-order valence-electron chi connectivity index (χ1n) is 12.3. The molecule has 1 unspecified atom stereocenters. The quantitative estimate of drug-likeness (QED) is 0.638. The molecule has 2 amide bonds. The number of hydrogen-bond acceptors (Lipinski definition) is 4. The summed E-state index contributed by atoms with van der Waals surface area (Å²) in [6.45, 7) is 2.17. The Labute approximate surface area is 209 Å². The van der Waals surface area contributed by atoms with E-state index in [1.807, 2.05) is 12.1 Å². The largest absolute Gasteiger partial charge is 0.426 e. The summed E-state index contributed by atoms with van der Waals surface area (Å²) >= 11 is 6.37. The fourth-order valence-electron chi connectivity index (χ4n) is 5.59. The minimum Gasteiger partial charge on any atom is -0.372 e. The zero-order valence-corrected chi connectivity index (χ0v) is 20.9. The summed E-state index contributed by atoms with van der Waals surface area (Å²) in [7, 11) is 3.36. The number of benzene rings is 1. The second-order valence-corrected chi connectivity index (χ2v) is 10.8. The minimum absolute atomic E-state index is 0.143. The summed E-state index contributed by atoms with van der Waals surface area (Å²) in [6.07, 6.45) is -1.28. The Balaban J connectivity index is 1.30. The maximum absolute atomic E-state index is 13.5. The number of halogens is 4. The van der Waals surface area contributed by atoms with Crippen LogP contribution in [0.5, 0.6) is 0 Å². The number of hydrogen-bond donors (Lipinski definition) is 1. The average Bonchev–Trinajstić information content (AvgIpc) is 3.68. The van der Waals surface area contributed by atoms with E-state index in [0.717, 1.165) is 31.6 Å². The number of nitrogens with zero attached hydrogens (tertiary/aromatic N) is 3. The van der Waals surface area contributed by atoms with Crippen molar-refractivity contribution >= 4 is 29.1 Å². The molecule has 0 aromatic heterocycles. The van der Waals surface area contributed by atoms with E-state index in [1.54, 1.807) is 20.2 Å². The van der Waals surface area contributed by atoms with Crippen LogP contribution < -0.4 is 4.90 Å². The Morgan fingerprint density at radius 1 is 0.971 bits per heavy atom. The van der Waals surface area contributed by atoms with Gasteiger partial charge in [-0.25, -0.2) is 0 Å². The van der Waals surface area contributed by atoms with Crippen molar-refractivity contribution in [2.45, 2.75) is 50.3 Å². The van der Waals surface area contributed by atoms with Gasteiger partial charge >= 0.3 is 6.18 Å². The van der Waals surface area contributed by atoms with E-state index in [1.165, 1.54) is 9.80 Å². The van der Waals surface area contributed by atoms with Crippen LogP contribution in [-0.4, -0.2) is 78.8 Å². The van der Waals surface area contributed by atoms with Gasteiger partial charge in [-0.15, -0.1) is 0 Å². The lowest BCUT2D eigenvalue weighted by Crippen LogP contribution is -2.60. The number of alkyl halides is 3. The highest BCUT2D eigenvalue weighted by Crippen LogP contribution is 2.49. The van der Waals surface area contributed by atoms with Crippen molar-refractivity contribution in [3.63, 3.8) is 0 Å². The Kier molecular flexibility index (Phi) is 7.31. The van der Waals surface area contributed by atoms with Gasteiger partial charge < -0.3 is 19.8 Å². The SMILES string of the molecule is CN(C)C(=O)c1ccc(N2CCC(C3CCN(C(=O)C(O)(C4CC4)C(F)(F)F)CC3)CC2)cc1Cl. The second kappa shape index (κ2) is 9.81. The molecule has 194 valence electrons. The lowest BCUT2D eigenvalue weighted by Gasteiger charge is -2.42. The number of carbonyl (C=O) groups excluding carboxylic acids is 2. The van der Waals surface area contributed by atoms with Gasteiger partial charge in [0.2, 0.25) is 5.60 Å². The van der Waals surface area contributed by atoms with Gasteiger partial charge in [0.25, 0.3) is 11.8 Å². The highest BCUT2D eigenvalue weighted by molar-refractivity contribution is 6.34. The second-order valence-electron chi connectivity index (χ2n) is 10.4. The van der Waals surface area contributed by atoms with Gasteiger partial charge in [-0.1, -0.05) is 11.6 Å². The van der Waals surface area contributed by atoms with Crippen LogP contribution in [0.4, 0.5) is 18.9 Å². The molecule has 3 fully saturated rings. The monoisotopic (exact) mass is 515 g/mol. The zero-order chi connectivity index (χ0) is 25.5. The molecule has 4 rings (SSSR count). The molecule has 3 aliphatic rings. The lowest BCUT2D eigenvalue weighted by molar-refractivity contribution is -0.263. The number of likely N-dealkylation sites (tertiary alicyclic amines) is 1. The third kappa shape index (κ3) is 5.12. The number of amides is 2. The minimum atomic E-state index is -4.95. The fraction of sp³-hybridized carbons (Fsp3) is 0.680. The molecule has 0 bridgehead atoms. The summed E-state index contributed by atoms with van der Waals surface area (Å²) in [6, 6.07) is 5.49. The molecule has 35 heavy (non-hydrogen) atoms. The van der Waals surface area contributed by atoms with Crippen LogP contribution in [0.2, 0.25) is 5.02 Å². The normalized spacial score (nSPS) is 22.1. The van der Waals surface area contributed by atoms with Crippen LogP contribution in [0, 0.1) is 17.8 Å². The highest BCUT2D eigenvalue weighted by Gasteiger charge is 2.67. The van der Waals surface area contributed by atoms with Crippen molar-refractivity contribution < 1.29 is 27.9 Å². The van der Waals surface area contributed by atoms with Crippen LogP contribution >= 0.6 is 11.6 Å². The van der Waals surface area contributed by atoms with Crippen LogP contribution in [-0.2, 0) is 4.79 Å². The third-order valence-electron chi connectivity index (χ3n) is 7.91. The maximum atomic E-state index is 13.5. The van der Waals surface area contributed by atoms with Crippen molar-refractivity contribution in [1.29, 1.82) is 0 Å². The number of piperidine rings is 2. The van der Waals surface area contributed by atoms with Crippen LogP contribution in [0.25, 0.3) is 0 Å². The highest BCUT2D eigenvalue weighted by atomic mass is 35.5. The summed E-state index contributed by atoms with van der Waals surface area (Å²) in [5.41, 5.74) is -1.80. The number of aliphatic hydroxyl groups is 1. The first-order valence-corrected chi connectivity index (χ1v) is 12.7. The summed E-state index contributed by atoms with van der Waals surface area (Å²) < 4.78 is 40.6. The molecule has 1 aliphatic carbocycles. The van der Waals surface area contributed by atoms with Gasteiger partial charge in [0.1, 0.15) is 0 Å². The molecule has 0 radical (unpaired) electrons. The van der Waals surface area contributed by atoms with Gasteiger partial charge in [-0.3, -0.25) is 9.59 Å². The van der Waals surface area contributed by atoms with E-state index in [2.05, 4.69) is 4.90 Å². The van der Waals surface area contributed by atoms with Gasteiger partial charge in [-0.2, -0.15) is 13.2 Å². The third-order valence-corrected chi connectivity index (χ3v) is 8.23. The number of carbonyl (C=O) groups is 2. The van der Waals surface area contributed by atoms with Crippen LogP contribution in [0.1, 0.15) is 48.9 Å². The van der Waals surface area contributed by atoms with Crippen LogP contribution in [0.3, 0.4) is 0 Å². The van der Waals surface area contributed by atoms with Crippen molar-refractivity contribution in [1.82, 2.24) is 9.80 Å². The molecular formula is C25H33ClF3N3O3. The first-order chi connectivity index (χ1) is 16.4. The molecule has 1 aromatic rings. The lowest BCUT2D eigenvalue weighted by atomic mass is 9.78. The van der Waals surface area contributed by atoms with E-state index < -0.39 is 23.6 Å². The summed E-state index contributed by atoms with van der Waals surface area (Å²) in [5, 5.41) is 10.7. The molecule has 1 aromatic carbocycles. The fourth-order valence-corrected chi connectivity index (χ4v) is 5.84. The van der Waals surface area contributed by atoms with Crippen LogP contribution in [0.15, 0.2) is 18.2 Å². The maximum Gasteiger partial charge on any atom is 0.426 e. The number of rotatable bonds is 5. The molecule has 1 atom stereocenters. The Bertz CT molecular complexity index is 953. The van der Waals surface area contributed by atoms with Crippen molar-refractivity contribution in [3.8, 4) is 0 Å². The van der Waals surface area contributed by atoms with Crippen molar-refractivity contribution in [2.75, 3.05) is 45.2 Å². The van der Waals surface area contributed by atoms with E-state index in [0.29, 0.717) is 35.3 Å². The van der Waals surface area contributed by atoms with Crippen molar-refractivity contribution in [3.05, 3.63) is 28.8 Å². The Hall–Kier alpha value is -2.00. The smallest absolute Gasteiger partial charge is 0.372 e. The van der Waals surface area contributed by atoms with E-state index in [-0.39, 0.29) is 31.8 Å². The van der Waals surface area contributed by atoms with Gasteiger partial charge in [-0.05, 0) is 68.6 Å². The van der Waals surface area contributed by atoms with Crippen molar-refractivity contribution in [2.24, 2.45) is 17.8 Å². The predicted octanol–water partition coefficient (Wildman–Crippen LogP) is 4.20. The molecule has 1 N–H and O–H groups in total.